The molecule has 0 saturated carbocycles. The number of anilines is 1. The molecule has 1 saturated heterocycles. The van der Waals surface area contributed by atoms with Gasteiger partial charge in [0.25, 0.3) is 0 Å². The van der Waals surface area contributed by atoms with Gasteiger partial charge in [-0.05, 0) is 49.2 Å². The van der Waals surface area contributed by atoms with Crippen LogP contribution in [0.1, 0.15) is 12.8 Å². The molecule has 1 fully saturated rings. The number of piperidine rings is 1. The Kier molecular flexibility index (Phi) is 7.31. The first-order valence-corrected chi connectivity index (χ1v) is 10.1. The van der Waals surface area contributed by atoms with Gasteiger partial charge < -0.3 is 19.7 Å². The molecule has 0 bridgehead atoms. The van der Waals surface area contributed by atoms with Crippen LogP contribution in [-0.4, -0.2) is 43.2 Å². The number of likely N-dealkylation sites (tertiary alicyclic amines) is 1. The van der Waals surface area contributed by atoms with Gasteiger partial charge >= 0.3 is 12.0 Å². The predicted octanol–water partition coefficient (Wildman–Crippen LogP) is 4.32. The number of ether oxygens (including phenoxy) is 2. The molecule has 2 aromatic carbocycles. The van der Waals surface area contributed by atoms with Crippen LogP contribution >= 0.6 is 15.9 Å². The monoisotopic (exact) mass is 446 g/mol. The molecule has 148 valence electrons. The molecule has 1 aliphatic rings. The molecular weight excluding hydrogens is 424 g/mol. The van der Waals surface area contributed by atoms with Crippen molar-refractivity contribution in [3.63, 3.8) is 0 Å². The zero-order valence-corrected chi connectivity index (χ0v) is 17.1. The number of nitrogens with zero attached hydrogens (tertiary/aromatic N) is 1. The van der Waals surface area contributed by atoms with Crippen LogP contribution in [0.25, 0.3) is 0 Å². The maximum absolute atomic E-state index is 12.3. The smallest absolute Gasteiger partial charge is 0.321 e. The number of para-hydroxylation sites is 1. The fourth-order valence-corrected chi connectivity index (χ4v) is 3.26. The Balaban J connectivity index is 1.34. The highest BCUT2D eigenvalue weighted by Gasteiger charge is 2.28. The van der Waals surface area contributed by atoms with Gasteiger partial charge in [0.15, 0.2) is 0 Å². The second-order valence-corrected chi connectivity index (χ2v) is 7.44. The summed E-state index contributed by atoms with van der Waals surface area (Å²) in [5.74, 6) is 0.341. The van der Waals surface area contributed by atoms with Crippen molar-refractivity contribution in [3.05, 3.63) is 59.1 Å². The highest BCUT2D eigenvalue weighted by atomic mass is 79.9. The predicted molar refractivity (Wildman–Crippen MR) is 110 cm³/mol. The minimum Gasteiger partial charge on any atom is -0.490 e. The molecule has 0 spiro atoms. The van der Waals surface area contributed by atoms with E-state index in [1.807, 2.05) is 54.6 Å². The topological polar surface area (TPSA) is 67.9 Å². The van der Waals surface area contributed by atoms with Crippen molar-refractivity contribution < 1.29 is 19.1 Å². The summed E-state index contributed by atoms with van der Waals surface area (Å²) in [6, 6.07) is 16.7. The number of hydrogen-bond acceptors (Lipinski definition) is 4. The molecule has 0 aromatic heterocycles. The standard InChI is InChI=1S/C21H23BrN2O4/c22-17-6-8-19(9-7-17)27-14-15-28-20(25)16-10-12-24(13-11-16)21(26)23-18-4-2-1-3-5-18/h1-9,16H,10-15H2,(H,23,26). The molecule has 28 heavy (non-hydrogen) atoms. The minimum absolute atomic E-state index is 0.138. The van der Waals surface area contributed by atoms with Gasteiger partial charge in [-0.2, -0.15) is 0 Å². The van der Waals surface area contributed by atoms with Crippen LogP contribution < -0.4 is 10.1 Å². The third-order valence-corrected chi connectivity index (χ3v) is 5.08. The average molecular weight is 447 g/mol. The van der Waals surface area contributed by atoms with Gasteiger partial charge in [-0.15, -0.1) is 0 Å². The van der Waals surface area contributed by atoms with E-state index in [4.69, 9.17) is 9.47 Å². The second kappa shape index (κ2) is 10.1. The Morgan fingerprint density at radius 1 is 1.00 bits per heavy atom. The van der Waals surface area contributed by atoms with E-state index in [0.29, 0.717) is 32.5 Å². The number of urea groups is 1. The lowest BCUT2D eigenvalue weighted by Gasteiger charge is -2.31. The Labute approximate surface area is 172 Å². The van der Waals surface area contributed by atoms with E-state index in [1.54, 1.807) is 4.90 Å². The van der Waals surface area contributed by atoms with E-state index in [1.165, 1.54) is 0 Å². The minimum atomic E-state index is -0.220. The van der Waals surface area contributed by atoms with E-state index in [2.05, 4.69) is 21.2 Å². The van der Waals surface area contributed by atoms with E-state index >= 15 is 0 Å². The second-order valence-electron chi connectivity index (χ2n) is 6.53. The number of nitrogens with one attached hydrogen (secondary N) is 1. The summed E-state index contributed by atoms with van der Waals surface area (Å²) in [7, 11) is 0. The van der Waals surface area contributed by atoms with Crippen LogP contribution in [0.15, 0.2) is 59.1 Å². The van der Waals surface area contributed by atoms with Gasteiger partial charge in [-0.25, -0.2) is 4.79 Å². The molecule has 0 radical (unpaired) electrons. The quantitative estimate of drug-likeness (QED) is 0.529. The van der Waals surface area contributed by atoms with Gasteiger partial charge in [-0.3, -0.25) is 4.79 Å². The summed E-state index contributed by atoms with van der Waals surface area (Å²) in [5, 5.41) is 2.87. The average Bonchev–Trinajstić information content (AvgIpc) is 2.73. The van der Waals surface area contributed by atoms with Crippen LogP contribution in [0.3, 0.4) is 0 Å². The summed E-state index contributed by atoms with van der Waals surface area (Å²) < 4.78 is 11.9. The van der Waals surface area contributed by atoms with Gasteiger partial charge in [0.05, 0.1) is 5.92 Å². The lowest BCUT2D eigenvalue weighted by molar-refractivity contribution is -0.150. The van der Waals surface area contributed by atoms with Crippen LogP contribution in [-0.2, 0) is 9.53 Å². The van der Waals surface area contributed by atoms with Gasteiger partial charge in [0, 0.05) is 23.2 Å². The van der Waals surface area contributed by atoms with E-state index < -0.39 is 0 Å². The maximum Gasteiger partial charge on any atom is 0.321 e. The van der Waals surface area contributed by atoms with Crippen molar-refractivity contribution in [3.8, 4) is 5.75 Å². The van der Waals surface area contributed by atoms with Crippen molar-refractivity contribution >= 4 is 33.6 Å². The largest absolute Gasteiger partial charge is 0.490 e. The summed E-state index contributed by atoms with van der Waals surface area (Å²) in [4.78, 5) is 26.2. The number of hydrogen-bond donors (Lipinski definition) is 1. The third kappa shape index (κ3) is 5.99. The fourth-order valence-electron chi connectivity index (χ4n) is 2.99. The number of benzene rings is 2. The number of halogens is 1. The highest BCUT2D eigenvalue weighted by Crippen LogP contribution is 2.20. The summed E-state index contributed by atoms with van der Waals surface area (Å²) >= 11 is 3.37. The molecule has 0 aliphatic carbocycles. The number of carbonyl (C=O) groups is 2. The zero-order chi connectivity index (χ0) is 19.8. The lowest BCUT2D eigenvalue weighted by Crippen LogP contribution is -2.42. The van der Waals surface area contributed by atoms with Gasteiger partial charge in [0.1, 0.15) is 19.0 Å². The van der Waals surface area contributed by atoms with E-state index in [-0.39, 0.29) is 24.5 Å². The molecule has 0 unspecified atom stereocenters. The molecule has 1 N–H and O–H groups in total. The molecule has 7 heteroatoms. The SMILES string of the molecule is O=C(OCCOc1ccc(Br)cc1)C1CCN(C(=O)Nc2ccccc2)CC1. The number of esters is 1. The van der Waals surface area contributed by atoms with Crippen molar-refractivity contribution in [1.29, 1.82) is 0 Å². The first-order chi connectivity index (χ1) is 13.6. The van der Waals surface area contributed by atoms with Crippen molar-refractivity contribution in [2.24, 2.45) is 5.92 Å². The lowest BCUT2D eigenvalue weighted by atomic mass is 9.97. The highest BCUT2D eigenvalue weighted by molar-refractivity contribution is 9.10. The van der Waals surface area contributed by atoms with Crippen molar-refractivity contribution in [2.75, 3.05) is 31.6 Å². The first kappa shape index (κ1) is 20.2. The molecule has 2 aromatic rings. The molecular formula is C21H23BrN2O4. The zero-order valence-electron chi connectivity index (χ0n) is 15.5. The van der Waals surface area contributed by atoms with Crippen LogP contribution in [0.5, 0.6) is 5.75 Å². The Morgan fingerprint density at radius 3 is 2.36 bits per heavy atom. The Hall–Kier alpha value is -2.54. The molecule has 2 amide bonds. The number of amides is 2. The number of carbonyl (C=O) groups excluding carboxylic acids is 2. The fraction of sp³-hybridized carbons (Fsp3) is 0.333. The normalized spacial score (nSPS) is 14.4. The number of rotatable bonds is 6. The van der Waals surface area contributed by atoms with Crippen LogP contribution in [0.4, 0.5) is 10.5 Å². The van der Waals surface area contributed by atoms with Crippen LogP contribution in [0, 0.1) is 5.92 Å². The van der Waals surface area contributed by atoms with E-state index in [9.17, 15) is 9.59 Å². The molecule has 6 nitrogen and oxygen atoms in total. The van der Waals surface area contributed by atoms with Crippen molar-refractivity contribution in [2.45, 2.75) is 12.8 Å². The summed E-state index contributed by atoms with van der Waals surface area (Å²) in [6.45, 7) is 1.59. The molecule has 0 atom stereocenters. The van der Waals surface area contributed by atoms with Crippen molar-refractivity contribution in [1.82, 2.24) is 4.90 Å². The molecule has 1 aliphatic heterocycles. The Morgan fingerprint density at radius 2 is 1.68 bits per heavy atom. The first-order valence-electron chi connectivity index (χ1n) is 9.28. The molecule has 1 heterocycles. The summed E-state index contributed by atoms with van der Waals surface area (Å²) in [6.07, 6.45) is 1.21. The maximum atomic E-state index is 12.3. The third-order valence-electron chi connectivity index (χ3n) is 4.55. The van der Waals surface area contributed by atoms with Crippen LogP contribution in [0.2, 0.25) is 0 Å². The van der Waals surface area contributed by atoms with E-state index in [0.717, 1.165) is 15.9 Å². The summed E-state index contributed by atoms with van der Waals surface area (Å²) in [5.41, 5.74) is 0.764. The van der Waals surface area contributed by atoms with Gasteiger partial charge in [0.2, 0.25) is 0 Å². The molecule has 3 rings (SSSR count). The Bertz CT molecular complexity index is 775. The van der Waals surface area contributed by atoms with Gasteiger partial charge in [-0.1, -0.05) is 34.1 Å².